The van der Waals surface area contributed by atoms with Crippen molar-refractivity contribution < 1.29 is 47.3 Å². The van der Waals surface area contributed by atoms with Crippen molar-refractivity contribution in [3.63, 3.8) is 0 Å². The monoisotopic (exact) mass is 486 g/mol. The minimum absolute atomic E-state index is 0.501. The van der Waals surface area contributed by atoms with Crippen LogP contribution < -0.4 is 0 Å². The Bertz CT molecular complexity index is 579. The van der Waals surface area contributed by atoms with Gasteiger partial charge in [-0.2, -0.15) is 0 Å². The zero-order valence-electron chi connectivity index (χ0n) is 14.0. The van der Waals surface area contributed by atoms with Crippen molar-refractivity contribution in [2.75, 3.05) is 30.1 Å². The Hall–Kier alpha value is -1.07. The molecule has 28 heavy (non-hydrogen) atoms. The third-order valence-electron chi connectivity index (χ3n) is 3.22. The van der Waals surface area contributed by atoms with Gasteiger partial charge in [0.15, 0.2) is 18.3 Å². The van der Waals surface area contributed by atoms with Gasteiger partial charge in [-0.05, 0) is 0 Å². The number of carbonyl (C=O) groups excluding carboxylic acids is 4. The van der Waals surface area contributed by atoms with Crippen LogP contribution >= 0.6 is 46.4 Å². The van der Waals surface area contributed by atoms with Gasteiger partial charge in [0, 0.05) is 0 Å². The molecule has 0 aromatic carbocycles. The molecule has 0 amide bonds. The number of rotatable bonds is 9. The van der Waals surface area contributed by atoms with E-state index in [1.807, 2.05) is 0 Å². The molecule has 0 bridgehead atoms. The van der Waals surface area contributed by atoms with Crippen LogP contribution in [0, 0.1) is 0 Å². The summed E-state index contributed by atoms with van der Waals surface area (Å²) in [5, 5.41) is 0. The quantitative estimate of drug-likeness (QED) is 0.266. The molecule has 1 aliphatic rings. The van der Waals surface area contributed by atoms with Crippen molar-refractivity contribution in [3.8, 4) is 0 Å². The van der Waals surface area contributed by atoms with Gasteiger partial charge >= 0.3 is 23.9 Å². The van der Waals surface area contributed by atoms with Crippen LogP contribution in [0.15, 0.2) is 0 Å². The van der Waals surface area contributed by atoms with E-state index in [0.717, 1.165) is 0 Å². The molecule has 1 heterocycles. The van der Waals surface area contributed by atoms with E-state index in [2.05, 4.69) is 0 Å². The Kier molecular flexibility index (Phi) is 11.1. The fourth-order valence-corrected chi connectivity index (χ4v) is 2.43. The van der Waals surface area contributed by atoms with E-state index in [9.17, 15) is 23.6 Å². The zero-order valence-corrected chi connectivity index (χ0v) is 17.0. The van der Waals surface area contributed by atoms with Gasteiger partial charge in [-0.25, -0.2) is 4.39 Å². The van der Waals surface area contributed by atoms with Crippen molar-refractivity contribution in [3.05, 3.63) is 0 Å². The first-order chi connectivity index (χ1) is 13.3. The van der Waals surface area contributed by atoms with Crippen molar-refractivity contribution in [1.82, 2.24) is 0 Å². The highest BCUT2D eigenvalue weighted by atomic mass is 35.5. The molecule has 0 N–H and O–H groups in total. The third kappa shape index (κ3) is 7.40. The van der Waals surface area contributed by atoms with Crippen LogP contribution in [-0.2, 0) is 42.9 Å². The van der Waals surface area contributed by atoms with E-state index in [-0.39, 0.29) is 0 Å². The molecule has 14 heteroatoms. The van der Waals surface area contributed by atoms with E-state index in [0.29, 0.717) is 0 Å². The van der Waals surface area contributed by atoms with E-state index in [1.54, 1.807) is 0 Å². The number of ether oxygens (including phenoxy) is 5. The predicted molar refractivity (Wildman–Crippen MR) is 93.2 cm³/mol. The first kappa shape index (κ1) is 25.0. The maximum atomic E-state index is 14.5. The average Bonchev–Trinajstić information content (AvgIpc) is 2.69. The van der Waals surface area contributed by atoms with Gasteiger partial charge in [0.1, 0.15) is 36.2 Å². The lowest BCUT2D eigenvalue weighted by Crippen LogP contribution is -2.61. The van der Waals surface area contributed by atoms with Crippen LogP contribution in [0.25, 0.3) is 0 Å². The Morgan fingerprint density at radius 2 is 1.14 bits per heavy atom. The Morgan fingerprint density at radius 1 is 0.714 bits per heavy atom. The Morgan fingerprint density at radius 3 is 1.61 bits per heavy atom. The topological polar surface area (TPSA) is 114 Å². The molecule has 0 aromatic rings. The van der Waals surface area contributed by atoms with Crippen molar-refractivity contribution in [1.29, 1.82) is 0 Å². The first-order valence-corrected chi connectivity index (χ1v) is 9.68. The second kappa shape index (κ2) is 12.5. The van der Waals surface area contributed by atoms with Gasteiger partial charge < -0.3 is 23.7 Å². The summed E-state index contributed by atoms with van der Waals surface area (Å²) in [6.45, 7) is -0.614. The molecule has 5 atom stereocenters. The van der Waals surface area contributed by atoms with Gasteiger partial charge in [0.05, 0.1) is 0 Å². The average molecular weight is 488 g/mol. The van der Waals surface area contributed by atoms with Crippen LogP contribution in [0.5, 0.6) is 0 Å². The summed E-state index contributed by atoms with van der Waals surface area (Å²) in [4.78, 5) is 46.1. The minimum atomic E-state index is -2.34. The lowest BCUT2D eigenvalue weighted by Gasteiger charge is -2.41. The first-order valence-electron chi connectivity index (χ1n) is 7.54. The number of esters is 4. The summed E-state index contributed by atoms with van der Waals surface area (Å²) in [6, 6.07) is 0. The highest BCUT2D eigenvalue weighted by molar-refractivity contribution is 6.27. The molecule has 0 radical (unpaired) electrons. The molecule has 0 aromatic heterocycles. The van der Waals surface area contributed by atoms with Gasteiger partial charge in [0.25, 0.3) is 0 Å². The molecule has 0 aliphatic carbocycles. The Labute approximate surface area is 178 Å². The fourth-order valence-electron chi connectivity index (χ4n) is 2.16. The molecule has 1 rings (SSSR count). The molecule has 160 valence electrons. The fraction of sp³-hybridized carbons (Fsp3) is 0.714. The SMILES string of the molecule is O=C(CCl)OC[C@H]1O[C@H](F)[C@H](OC(=O)CCl)[C@@H](OC(=O)CCl)[C@@H]1OC(=O)CCl. The van der Waals surface area contributed by atoms with Crippen molar-refractivity contribution in [2.24, 2.45) is 0 Å². The highest BCUT2D eigenvalue weighted by Gasteiger charge is 2.53. The van der Waals surface area contributed by atoms with Crippen LogP contribution in [-0.4, -0.2) is 84.8 Å². The second-order valence-corrected chi connectivity index (χ2v) is 6.18. The second-order valence-electron chi connectivity index (χ2n) is 5.11. The smallest absolute Gasteiger partial charge is 0.321 e. The lowest BCUT2D eigenvalue weighted by atomic mass is 9.98. The lowest BCUT2D eigenvalue weighted by molar-refractivity contribution is -0.276. The number of alkyl halides is 5. The number of carbonyl (C=O) groups is 4. The molecule has 0 spiro atoms. The van der Waals surface area contributed by atoms with Crippen LogP contribution in [0.2, 0.25) is 0 Å². The molecular weight excluding hydrogens is 473 g/mol. The van der Waals surface area contributed by atoms with Crippen molar-refractivity contribution >= 4 is 70.3 Å². The molecule has 0 saturated carbocycles. The summed E-state index contributed by atoms with van der Waals surface area (Å²) in [7, 11) is 0. The third-order valence-corrected chi connectivity index (χ3v) is 4.10. The Balaban J connectivity index is 3.17. The summed E-state index contributed by atoms with van der Waals surface area (Å²) in [5.41, 5.74) is 0. The number of halogens is 5. The normalized spacial score (nSPS) is 26.8. The zero-order chi connectivity index (χ0) is 21.3. The maximum absolute atomic E-state index is 14.5. The summed E-state index contributed by atoms with van der Waals surface area (Å²) >= 11 is 21.4. The van der Waals surface area contributed by atoms with E-state index in [4.69, 9.17) is 70.1 Å². The molecule has 0 unspecified atom stereocenters. The number of hydrogen-bond acceptors (Lipinski definition) is 9. The van der Waals surface area contributed by atoms with E-state index >= 15 is 0 Å². The number of hydrogen-bond donors (Lipinski definition) is 0. The van der Waals surface area contributed by atoms with Crippen molar-refractivity contribution in [2.45, 2.75) is 30.8 Å². The van der Waals surface area contributed by atoms with Gasteiger partial charge in [0.2, 0.25) is 6.36 Å². The van der Waals surface area contributed by atoms with E-state index in [1.165, 1.54) is 0 Å². The standard InChI is InChI=1S/C14H15Cl4FO9/c15-1-7(20)24-5-6-11(26-8(21)2-16)12(27-9(22)3-17)13(14(19)25-6)28-10(23)4-18/h6,11-14H,1-5H2/t6-,11-,12+,13-,14+/m1/s1. The minimum Gasteiger partial charge on any atom is -0.462 e. The van der Waals surface area contributed by atoms with E-state index < -0.39 is 84.8 Å². The summed E-state index contributed by atoms with van der Waals surface area (Å²) in [5.74, 6) is -6.32. The molecule has 1 aliphatic heterocycles. The predicted octanol–water partition coefficient (Wildman–Crippen LogP) is 0.915. The highest BCUT2D eigenvalue weighted by Crippen LogP contribution is 2.30. The van der Waals surface area contributed by atoms with Crippen LogP contribution in [0.3, 0.4) is 0 Å². The largest absolute Gasteiger partial charge is 0.462 e. The maximum Gasteiger partial charge on any atom is 0.321 e. The van der Waals surface area contributed by atoms with Crippen LogP contribution in [0.1, 0.15) is 0 Å². The molecule has 1 fully saturated rings. The van der Waals surface area contributed by atoms with Gasteiger partial charge in [-0.3, -0.25) is 19.2 Å². The van der Waals surface area contributed by atoms with Gasteiger partial charge in [-0.1, -0.05) is 0 Å². The van der Waals surface area contributed by atoms with Gasteiger partial charge in [-0.15, -0.1) is 46.4 Å². The summed E-state index contributed by atoms with van der Waals surface area (Å²) < 4.78 is 39.1. The van der Waals surface area contributed by atoms with Crippen LogP contribution in [0.4, 0.5) is 4.39 Å². The molecular formula is C14H15Cl4FO9. The summed E-state index contributed by atoms with van der Waals surface area (Å²) in [6.07, 6.45) is -8.86. The molecule has 1 saturated heterocycles. The molecule has 9 nitrogen and oxygen atoms in total.